The molecule has 0 saturated carbocycles. The molecule has 2 aromatic rings. The molecule has 0 aliphatic rings. The SMILES string of the molecule is CCCCCCCCCc1ccc(OP(Oc2ccc(CCCCCCCCC)cc2)SCCC(=O)OCCCCCCCC)cc1. The molecule has 0 atom stereocenters. The van der Waals surface area contributed by atoms with Gasteiger partial charge < -0.3 is 13.8 Å². The van der Waals surface area contributed by atoms with E-state index in [-0.39, 0.29) is 5.97 Å². The Hall–Kier alpha value is -1.71. The summed E-state index contributed by atoms with van der Waals surface area (Å²) in [5.41, 5.74) is 2.71. The zero-order valence-corrected chi connectivity index (χ0v) is 32.0. The van der Waals surface area contributed by atoms with Gasteiger partial charge in [0.1, 0.15) is 11.5 Å². The fourth-order valence-electron chi connectivity index (χ4n) is 5.59. The number of carbonyl (C=O) groups is 1. The number of unbranched alkanes of at least 4 members (excludes halogenated alkanes) is 17. The molecule has 47 heavy (non-hydrogen) atoms. The smallest absolute Gasteiger partial charge is 0.360 e. The van der Waals surface area contributed by atoms with Crippen LogP contribution in [0.3, 0.4) is 0 Å². The molecule has 0 N–H and O–H groups in total. The van der Waals surface area contributed by atoms with Crippen molar-refractivity contribution < 1.29 is 18.6 Å². The van der Waals surface area contributed by atoms with Crippen molar-refractivity contribution in [3.63, 3.8) is 0 Å². The van der Waals surface area contributed by atoms with Crippen LogP contribution in [0.4, 0.5) is 0 Å². The number of ether oxygens (including phenoxy) is 1. The van der Waals surface area contributed by atoms with Gasteiger partial charge in [-0.05, 0) is 78.9 Å². The highest BCUT2D eigenvalue weighted by atomic mass is 32.7. The predicted molar refractivity (Wildman–Crippen MR) is 206 cm³/mol. The van der Waals surface area contributed by atoms with E-state index >= 15 is 0 Å². The average molecular weight is 687 g/mol. The maximum Gasteiger partial charge on any atom is 0.360 e. The molecule has 6 heteroatoms. The fourth-order valence-corrected chi connectivity index (χ4v) is 8.29. The molecule has 2 rings (SSSR count). The molecule has 0 amide bonds. The van der Waals surface area contributed by atoms with Gasteiger partial charge in [-0.1, -0.05) is 154 Å². The quantitative estimate of drug-likeness (QED) is 0.0449. The van der Waals surface area contributed by atoms with Gasteiger partial charge in [-0.15, -0.1) is 0 Å². The Balaban J connectivity index is 1.83. The summed E-state index contributed by atoms with van der Waals surface area (Å²) in [6.07, 6.45) is 28.2. The molecular weight excluding hydrogens is 619 g/mol. The standard InChI is InChI=1S/C41H67O4PS/c1-4-7-10-13-16-18-21-24-37-26-30-39(31-27-37)44-46(47-36-34-41(42)43-35-23-20-15-12-9-6-3)45-40-32-28-38(29-33-40)25-22-19-17-14-11-8-5-2/h26-33H,4-25,34-36H2,1-3H3. The second kappa shape index (κ2) is 29.2. The molecule has 0 heterocycles. The first kappa shape index (κ1) is 41.5. The maximum atomic E-state index is 12.4. The van der Waals surface area contributed by atoms with Gasteiger partial charge in [0.25, 0.3) is 0 Å². The minimum absolute atomic E-state index is 0.134. The number of carbonyl (C=O) groups excluding carboxylic acids is 1. The van der Waals surface area contributed by atoms with Crippen LogP contribution in [0.15, 0.2) is 48.5 Å². The lowest BCUT2D eigenvalue weighted by atomic mass is 10.0. The molecule has 0 aliphatic carbocycles. The summed E-state index contributed by atoms with van der Waals surface area (Å²) in [4.78, 5) is 12.4. The molecule has 266 valence electrons. The maximum absolute atomic E-state index is 12.4. The van der Waals surface area contributed by atoms with Gasteiger partial charge in [0, 0.05) is 5.75 Å². The molecule has 0 fully saturated rings. The number of hydrogen-bond donors (Lipinski definition) is 0. The second-order valence-corrected chi connectivity index (χ2v) is 16.2. The summed E-state index contributed by atoms with van der Waals surface area (Å²) in [5, 5.41) is 0. The fraction of sp³-hybridized carbons (Fsp3) is 0.683. The van der Waals surface area contributed by atoms with Gasteiger partial charge in [-0.2, -0.15) is 0 Å². The highest BCUT2D eigenvalue weighted by Crippen LogP contribution is 2.52. The molecule has 0 radical (unpaired) electrons. The van der Waals surface area contributed by atoms with Crippen molar-refractivity contribution in [2.45, 2.75) is 168 Å². The molecule has 0 bridgehead atoms. The zero-order valence-electron chi connectivity index (χ0n) is 30.3. The van der Waals surface area contributed by atoms with Crippen molar-refractivity contribution in [2.24, 2.45) is 0 Å². The van der Waals surface area contributed by atoms with E-state index in [0.29, 0.717) is 18.8 Å². The first-order valence-corrected chi connectivity index (χ1v) is 22.0. The molecule has 0 aromatic heterocycles. The number of rotatable bonds is 31. The normalized spacial score (nSPS) is 11.2. The molecule has 0 spiro atoms. The Morgan fingerprint density at radius 1 is 0.532 bits per heavy atom. The summed E-state index contributed by atoms with van der Waals surface area (Å²) >= 11 is 1.57. The predicted octanol–water partition coefficient (Wildman–Crippen LogP) is 14.0. The molecule has 0 saturated heterocycles. The van der Waals surface area contributed by atoms with E-state index in [4.69, 9.17) is 13.8 Å². The summed E-state index contributed by atoms with van der Waals surface area (Å²) in [5.74, 6) is 2.10. The molecule has 0 aliphatic heterocycles. The Morgan fingerprint density at radius 2 is 0.915 bits per heavy atom. The zero-order chi connectivity index (χ0) is 33.6. The minimum atomic E-state index is -1.32. The van der Waals surface area contributed by atoms with Crippen molar-refractivity contribution in [3.05, 3.63) is 59.7 Å². The van der Waals surface area contributed by atoms with Crippen LogP contribution in [-0.4, -0.2) is 18.3 Å². The number of hydrogen-bond acceptors (Lipinski definition) is 5. The Kier molecular flexibility index (Phi) is 25.8. The van der Waals surface area contributed by atoms with Gasteiger partial charge in [0.15, 0.2) is 0 Å². The number of esters is 1. The van der Waals surface area contributed by atoms with Gasteiger partial charge in [-0.25, -0.2) is 0 Å². The summed E-state index contributed by atoms with van der Waals surface area (Å²) in [6.45, 7) is 7.29. The van der Waals surface area contributed by atoms with Crippen LogP contribution < -0.4 is 9.05 Å². The van der Waals surface area contributed by atoms with Gasteiger partial charge in [-0.3, -0.25) is 4.79 Å². The summed E-state index contributed by atoms with van der Waals surface area (Å²) < 4.78 is 18.3. The van der Waals surface area contributed by atoms with Gasteiger partial charge in [0.05, 0.1) is 13.0 Å². The van der Waals surface area contributed by atoms with Crippen LogP contribution in [0.5, 0.6) is 11.5 Å². The van der Waals surface area contributed by atoms with Crippen molar-refractivity contribution in [2.75, 3.05) is 12.4 Å². The summed E-state index contributed by atoms with van der Waals surface area (Å²) in [7, 11) is -1.32. The van der Waals surface area contributed by atoms with Crippen molar-refractivity contribution in [1.82, 2.24) is 0 Å². The Morgan fingerprint density at radius 3 is 1.34 bits per heavy atom. The monoisotopic (exact) mass is 686 g/mol. The Bertz CT molecular complexity index is 934. The largest absolute Gasteiger partial charge is 0.466 e. The third kappa shape index (κ3) is 22.5. The second-order valence-electron chi connectivity index (χ2n) is 13.0. The molecule has 0 unspecified atom stereocenters. The summed E-state index contributed by atoms with van der Waals surface area (Å²) in [6, 6.07) is 17.0. The minimum Gasteiger partial charge on any atom is -0.466 e. The lowest BCUT2D eigenvalue weighted by Crippen LogP contribution is -2.07. The van der Waals surface area contributed by atoms with Gasteiger partial charge in [0.2, 0.25) is 0 Å². The van der Waals surface area contributed by atoms with E-state index in [1.54, 1.807) is 11.4 Å². The molecule has 2 aromatic carbocycles. The van der Waals surface area contributed by atoms with Crippen LogP contribution >= 0.6 is 19.0 Å². The highest BCUT2D eigenvalue weighted by Gasteiger charge is 2.18. The van der Waals surface area contributed by atoms with Gasteiger partial charge >= 0.3 is 13.5 Å². The average Bonchev–Trinajstić information content (AvgIpc) is 3.08. The van der Waals surface area contributed by atoms with E-state index < -0.39 is 7.58 Å². The third-order valence-electron chi connectivity index (χ3n) is 8.61. The highest BCUT2D eigenvalue weighted by molar-refractivity contribution is 8.53. The van der Waals surface area contributed by atoms with E-state index in [9.17, 15) is 4.79 Å². The van der Waals surface area contributed by atoms with Crippen molar-refractivity contribution in [3.8, 4) is 11.5 Å². The lowest BCUT2D eigenvalue weighted by molar-refractivity contribution is -0.143. The van der Waals surface area contributed by atoms with Crippen LogP contribution in [0.2, 0.25) is 0 Å². The number of aryl methyl sites for hydroxylation is 2. The van der Waals surface area contributed by atoms with Crippen LogP contribution in [-0.2, 0) is 22.4 Å². The van der Waals surface area contributed by atoms with Crippen LogP contribution in [0, 0.1) is 0 Å². The topological polar surface area (TPSA) is 44.8 Å². The molecule has 4 nitrogen and oxygen atoms in total. The van der Waals surface area contributed by atoms with E-state index in [0.717, 1.165) is 37.2 Å². The third-order valence-corrected chi connectivity index (χ3v) is 11.6. The molecular formula is C41H67O4PS. The van der Waals surface area contributed by atoms with Crippen molar-refractivity contribution >= 4 is 24.9 Å². The van der Waals surface area contributed by atoms with E-state index in [1.165, 1.54) is 127 Å². The number of benzene rings is 2. The Labute approximate surface area is 294 Å². The van der Waals surface area contributed by atoms with E-state index in [1.807, 2.05) is 0 Å². The van der Waals surface area contributed by atoms with E-state index in [2.05, 4.69) is 69.3 Å². The van der Waals surface area contributed by atoms with Crippen LogP contribution in [0.25, 0.3) is 0 Å². The lowest BCUT2D eigenvalue weighted by Gasteiger charge is -2.18. The first-order valence-electron chi connectivity index (χ1n) is 19.3. The first-order chi connectivity index (χ1) is 23.1. The van der Waals surface area contributed by atoms with Crippen LogP contribution in [0.1, 0.15) is 167 Å². The van der Waals surface area contributed by atoms with Crippen molar-refractivity contribution in [1.29, 1.82) is 0 Å².